The maximum absolute atomic E-state index is 13.3. The van der Waals surface area contributed by atoms with Crippen LogP contribution in [0.3, 0.4) is 0 Å². The van der Waals surface area contributed by atoms with Crippen molar-refractivity contribution < 1.29 is 17.6 Å². The first-order valence-electron chi connectivity index (χ1n) is 4.76. The second-order valence-electron chi connectivity index (χ2n) is 3.27. The summed E-state index contributed by atoms with van der Waals surface area (Å²) in [5.41, 5.74) is -3.75. The van der Waals surface area contributed by atoms with Gasteiger partial charge in [-0.25, -0.2) is 4.39 Å². The number of alkyl halides is 3. The molecule has 0 spiro atoms. The summed E-state index contributed by atoms with van der Waals surface area (Å²) in [6.45, 7) is 3.64. The lowest BCUT2D eigenvalue weighted by molar-refractivity contribution is -0.0329. The minimum absolute atomic E-state index is 0.383. The molecular formula is C11H11F4S. The van der Waals surface area contributed by atoms with Crippen LogP contribution in [0.4, 0.5) is 17.6 Å². The SMILES string of the molecule is [CH2]CCCc1ccc(SC(F)(F)F)c(F)c1. The maximum Gasteiger partial charge on any atom is 0.446 e. The molecule has 0 heterocycles. The molecule has 1 radical (unpaired) electrons. The van der Waals surface area contributed by atoms with Crippen LogP contribution < -0.4 is 0 Å². The van der Waals surface area contributed by atoms with Crippen LogP contribution in [0.2, 0.25) is 0 Å². The highest BCUT2D eigenvalue weighted by molar-refractivity contribution is 8.00. The van der Waals surface area contributed by atoms with Crippen LogP contribution in [0.25, 0.3) is 0 Å². The fraction of sp³-hybridized carbons (Fsp3) is 0.364. The van der Waals surface area contributed by atoms with Gasteiger partial charge in [0.2, 0.25) is 0 Å². The Kier molecular flexibility index (Phi) is 4.65. The van der Waals surface area contributed by atoms with E-state index < -0.39 is 23.1 Å². The standard InChI is InChI=1S/C11H11F4S/c1-2-3-4-8-5-6-10(9(12)7-8)16-11(13,14)15/h5-7H,1-4H2. The van der Waals surface area contributed by atoms with Crippen LogP contribution >= 0.6 is 11.8 Å². The Bertz CT molecular complexity index is 346. The van der Waals surface area contributed by atoms with Gasteiger partial charge in [-0.05, 0) is 42.3 Å². The van der Waals surface area contributed by atoms with E-state index in [-0.39, 0.29) is 4.90 Å². The molecule has 1 aromatic rings. The third-order valence-electron chi connectivity index (χ3n) is 1.94. The largest absolute Gasteiger partial charge is 0.446 e. The van der Waals surface area contributed by atoms with Crippen molar-refractivity contribution >= 4 is 11.8 Å². The van der Waals surface area contributed by atoms with Gasteiger partial charge in [0, 0.05) is 0 Å². The summed E-state index contributed by atoms with van der Waals surface area (Å²) in [6.07, 6.45) is 2.16. The average Bonchev–Trinajstić information content (AvgIpc) is 2.17. The maximum atomic E-state index is 13.3. The summed E-state index contributed by atoms with van der Waals surface area (Å²) in [7, 11) is 0. The van der Waals surface area contributed by atoms with E-state index >= 15 is 0 Å². The number of halogens is 4. The van der Waals surface area contributed by atoms with Crippen LogP contribution in [0, 0.1) is 12.7 Å². The zero-order valence-corrected chi connectivity index (χ0v) is 9.30. The van der Waals surface area contributed by atoms with Crippen molar-refractivity contribution in [1.82, 2.24) is 0 Å². The van der Waals surface area contributed by atoms with Gasteiger partial charge in [0.15, 0.2) is 0 Å². The molecule has 0 nitrogen and oxygen atoms in total. The molecule has 0 N–H and O–H groups in total. The minimum atomic E-state index is -4.45. The molecule has 0 amide bonds. The minimum Gasteiger partial charge on any atom is -0.206 e. The molecule has 0 atom stereocenters. The molecule has 0 saturated carbocycles. The molecule has 0 fully saturated rings. The van der Waals surface area contributed by atoms with Gasteiger partial charge in [-0.15, -0.1) is 0 Å². The number of benzene rings is 1. The molecule has 16 heavy (non-hydrogen) atoms. The van der Waals surface area contributed by atoms with Crippen molar-refractivity contribution in [2.24, 2.45) is 0 Å². The lowest BCUT2D eigenvalue weighted by atomic mass is 10.1. The fourth-order valence-corrected chi connectivity index (χ4v) is 1.78. The van der Waals surface area contributed by atoms with Crippen LogP contribution in [0.1, 0.15) is 18.4 Å². The van der Waals surface area contributed by atoms with Crippen LogP contribution in [0.15, 0.2) is 23.1 Å². The van der Waals surface area contributed by atoms with E-state index in [1.54, 1.807) is 0 Å². The lowest BCUT2D eigenvalue weighted by Crippen LogP contribution is -2.00. The van der Waals surface area contributed by atoms with Crippen molar-refractivity contribution in [2.45, 2.75) is 29.7 Å². The van der Waals surface area contributed by atoms with Crippen molar-refractivity contribution in [3.63, 3.8) is 0 Å². The second kappa shape index (κ2) is 5.57. The summed E-state index contributed by atoms with van der Waals surface area (Å²) >= 11 is -0.427. The molecule has 1 rings (SSSR count). The molecular weight excluding hydrogens is 240 g/mol. The number of rotatable bonds is 4. The van der Waals surface area contributed by atoms with Crippen LogP contribution in [-0.4, -0.2) is 5.51 Å². The van der Waals surface area contributed by atoms with Gasteiger partial charge < -0.3 is 0 Å². The molecule has 0 aliphatic carbocycles. The second-order valence-corrected chi connectivity index (χ2v) is 4.38. The molecule has 5 heteroatoms. The first-order chi connectivity index (χ1) is 7.42. The Morgan fingerprint density at radius 3 is 2.44 bits per heavy atom. The van der Waals surface area contributed by atoms with E-state index in [9.17, 15) is 17.6 Å². The molecule has 0 aromatic heterocycles. The zero-order chi connectivity index (χ0) is 12.2. The van der Waals surface area contributed by atoms with Gasteiger partial charge in [-0.1, -0.05) is 19.4 Å². The van der Waals surface area contributed by atoms with Crippen LogP contribution in [0.5, 0.6) is 0 Å². The smallest absolute Gasteiger partial charge is 0.206 e. The number of thioether (sulfide) groups is 1. The van der Waals surface area contributed by atoms with Crippen molar-refractivity contribution in [3.05, 3.63) is 36.5 Å². The summed E-state index contributed by atoms with van der Waals surface area (Å²) < 4.78 is 49.3. The number of hydrogen-bond donors (Lipinski definition) is 0. The van der Waals surface area contributed by atoms with Gasteiger partial charge >= 0.3 is 5.51 Å². The molecule has 1 aromatic carbocycles. The van der Waals surface area contributed by atoms with Gasteiger partial charge in [0.1, 0.15) is 5.82 Å². The molecule has 0 aliphatic rings. The highest BCUT2D eigenvalue weighted by Crippen LogP contribution is 2.38. The van der Waals surface area contributed by atoms with E-state index in [0.29, 0.717) is 12.0 Å². The first-order valence-corrected chi connectivity index (χ1v) is 5.57. The van der Waals surface area contributed by atoms with Crippen molar-refractivity contribution in [3.8, 4) is 0 Å². The van der Waals surface area contributed by atoms with E-state index in [1.165, 1.54) is 12.1 Å². The Hall–Kier alpha value is -0.710. The molecule has 89 valence electrons. The Labute approximate surface area is 96.0 Å². The van der Waals surface area contributed by atoms with E-state index in [1.807, 2.05) is 0 Å². The Morgan fingerprint density at radius 1 is 1.25 bits per heavy atom. The van der Waals surface area contributed by atoms with Gasteiger partial charge in [-0.2, -0.15) is 13.2 Å². The average molecular weight is 251 g/mol. The van der Waals surface area contributed by atoms with E-state index in [0.717, 1.165) is 18.9 Å². The molecule has 0 saturated heterocycles. The summed E-state index contributed by atoms with van der Waals surface area (Å²) in [6, 6.07) is 3.85. The molecule has 0 bridgehead atoms. The normalized spacial score (nSPS) is 11.8. The molecule has 0 aliphatic heterocycles. The predicted molar refractivity (Wildman–Crippen MR) is 56.6 cm³/mol. The monoisotopic (exact) mass is 251 g/mol. The number of aryl methyl sites for hydroxylation is 1. The van der Waals surface area contributed by atoms with Gasteiger partial charge in [0.05, 0.1) is 4.90 Å². The highest BCUT2D eigenvalue weighted by Gasteiger charge is 2.30. The fourth-order valence-electron chi connectivity index (χ4n) is 1.24. The first kappa shape index (κ1) is 13.4. The number of unbranched alkanes of at least 4 members (excludes halogenated alkanes) is 1. The third-order valence-corrected chi connectivity index (χ3v) is 2.72. The predicted octanol–water partition coefficient (Wildman–Crippen LogP) is 4.59. The Balaban J connectivity index is 2.75. The zero-order valence-electron chi connectivity index (χ0n) is 8.48. The van der Waals surface area contributed by atoms with Gasteiger partial charge in [0.25, 0.3) is 0 Å². The quantitative estimate of drug-likeness (QED) is 0.557. The topological polar surface area (TPSA) is 0 Å². The van der Waals surface area contributed by atoms with Crippen LogP contribution in [-0.2, 0) is 6.42 Å². The number of hydrogen-bond acceptors (Lipinski definition) is 1. The Morgan fingerprint density at radius 2 is 1.94 bits per heavy atom. The lowest BCUT2D eigenvalue weighted by Gasteiger charge is -2.07. The van der Waals surface area contributed by atoms with Crippen molar-refractivity contribution in [2.75, 3.05) is 0 Å². The summed E-state index contributed by atoms with van der Waals surface area (Å²) in [5, 5.41) is 0. The third kappa shape index (κ3) is 4.43. The molecule has 0 unspecified atom stereocenters. The summed E-state index contributed by atoms with van der Waals surface area (Å²) in [4.78, 5) is -0.383. The van der Waals surface area contributed by atoms with E-state index in [4.69, 9.17) is 0 Å². The summed E-state index contributed by atoms with van der Waals surface area (Å²) in [5.74, 6) is -0.816. The highest BCUT2D eigenvalue weighted by atomic mass is 32.2. The van der Waals surface area contributed by atoms with Crippen molar-refractivity contribution in [1.29, 1.82) is 0 Å². The van der Waals surface area contributed by atoms with Gasteiger partial charge in [-0.3, -0.25) is 0 Å². The van der Waals surface area contributed by atoms with E-state index in [2.05, 4.69) is 6.92 Å².